The van der Waals surface area contributed by atoms with Crippen molar-refractivity contribution >= 4 is 23.1 Å². The number of amides is 2. The molecular formula is C14H15N3O3. The van der Waals surface area contributed by atoms with E-state index in [2.05, 4.69) is 10.6 Å². The molecule has 2 aromatic rings. The van der Waals surface area contributed by atoms with Gasteiger partial charge in [0.15, 0.2) is 0 Å². The summed E-state index contributed by atoms with van der Waals surface area (Å²) in [4.78, 5) is 11.8. The molecule has 6 heteroatoms. The van der Waals surface area contributed by atoms with Crippen molar-refractivity contribution in [1.29, 1.82) is 0 Å². The standard InChI is InChI=1S/C14H15N3O3/c1-20-11-5-6-12(13(18)8-11)17-14(19)16-10-4-2-3-9(15)7-10/h2-8,18H,15H2,1H3,(H2,16,17,19). The molecule has 2 rings (SSSR count). The number of hydrogen-bond donors (Lipinski definition) is 4. The summed E-state index contributed by atoms with van der Waals surface area (Å²) < 4.78 is 4.96. The molecule has 0 bridgehead atoms. The van der Waals surface area contributed by atoms with Crippen LogP contribution in [0, 0.1) is 0 Å². The molecule has 0 aliphatic heterocycles. The molecule has 5 N–H and O–H groups in total. The van der Waals surface area contributed by atoms with Crippen molar-refractivity contribution in [2.45, 2.75) is 0 Å². The lowest BCUT2D eigenvalue weighted by atomic mass is 10.2. The van der Waals surface area contributed by atoms with E-state index in [9.17, 15) is 9.90 Å². The zero-order valence-electron chi connectivity index (χ0n) is 10.9. The smallest absolute Gasteiger partial charge is 0.323 e. The van der Waals surface area contributed by atoms with Gasteiger partial charge < -0.3 is 26.2 Å². The number of methoxy groups -OCH3 is 1. The van der Waals surface area contributed by atoms with Crippen LogP contribution in [0.4, 0.5) is 21.9 Å². The fourth-order valence-electron chi connectivity index (χ4n) is 1.65. The molecule has 0 radical (unpaired) electrons. The molecule has 20 heavy (non-hydrogen) atoms. The van der Waals surface area contributed by atoms with Crippen molar-refractivity contribution in [2.24, 2.45) is 0 Å². The van der Waals surface area contributed by atoms with Crippen LogP contribution in [0.15, 0.2) is 42.5 Å². The second-order valence-corrected chi connectivity index (χ2v) is 4.09. The number of ether oxygens (including phenoxy) is 1. The first-order valence-corrected chi connectivity index (χ1v) is 5.89. The van der Waals surface area contributed by atoms with Crippen molar-refractivity contribution < 1.29 is 14.6 Å². The highest BCUT2D eigenvalue weighted by atomic mass is 16.5. The van der Waals surface area contributed by atoms with Gasteiger partial charge in [-0.25, -0.2) is 4.79 Å². The number of anilines is 3. The normalized spacial score (nSPS) is 9.85. The molecule has 2 aromatic carbocycles. The average molecular weight is 273 g/mol. The molecule has 2 amide bonds. The van der Waals surface area contributed by atoms with Crippen LogP contribution in [0.25, 0.3) is 0 Å². The van der Waals surface area contributed by atoms with E-state index in [0.29, 0.717) is 17.1 Å². The third-order valence-corrected chi connectivity index (χ3v) is 2.60. The topological polar surface area (TPSA) is 96.6 Å². The molecule has 0 atom stereocenters. The van der Waals surface area contributed by atoms with Gasteiger partial charge in [0.1, 0.15) is 11.5 Å². The van der Waals surface area contributed by atoms with Gasteiger partial charge in [-0.1, -0.05) is 6.07 Å². The zero-order valence-corrected chi connectivity index (χ0v) is 10.9. The predicted molar refractivity (Wildman–Crippen MR) is 78.2 cm³/mol. The molecule has 0 aromatic heterocycles. The SMILES string of the molecule is COc1ccc(NC(=O)Nc2cccc(N)c2)c(O)c1. The summed E-state index contributed by atoms with van der Waals surface area (Å²) in [6, 6.07) is 10.9. The first-order valence-electron chi connectivity index (χ1n) is 5.89. The molecule has 6 nitrogen and oxygen atoms in total. The van der Waals surface area contributed by atoms with Crippen molar-refractivity contribution in [3.05, 3.63) is 42.5 Å². The Morgan fingerprint density at radius 1 is 1.20 bits per heavy atom. The number of carbonyl (C=O) groups excluding carboxylic acids is 1. The Bertz CT molecular complexity index is 629. The minimum Gasteiger partial charge on any atom is -0.506 e. The highest BCUT2D eigenvalue weighted by molar-refractivity contribution is 6.00. The maximum atomic E-state index is 11.8. The number of nitrogen functional groups attached to an aromatic ring is 1. The maximum Gasteiger partial charge on any atom is 0.323 e. The second kappa shape index (κ2) is 5.83. The molecule has 0 aliphatic carbocycles. The number of nitrogens with two attached hydrogens (primary N) is 1. The quantitative estimate of drug-likeness (QED) is 0.510. The summed E-state index contributed by atoms with van der Waals surface area (Å²) >= 11 is 0. The van der Waals surface area contributed by atoms with Crippen LogP contribution < -0.4 is 21.1 Å². The van der Waals surface area contributed by atoms with Gasteiger partial charge in [0.25, 0.3) is 0 Å². The van der Waals surface area contributed by atoms with Gasteiger partial charge in [-0.3, -0.25) is 0 Å². The van der Waals surface area contributed by atoms with E-state index < -0.39 is 6.03 Å². The lowest BCUT2D eigenvalue weighted by Crippen LogP contribution is -2.19. The molecular weight excluding hydrogens is 258 g/mol. The summed E-state index contributed by atoms with van der Waals surface area (Å²) in [5.41, 5.74) is 7.02. The lowest BCUT2D eigenvalue weighted by Gasteiger charge is -2.10. The van der Waals surface area contributed by atoms with E-state index >= 15 is 0 Å². The van der Waals surface area contributed by atoms with Gasteiger partial charge in [0.2, 0.25) is 0 Å². The Morgan fingerprint density at radius 2 is 2.00 bits per heavy atom. The Kier molecular flexibility index (Phi) is 3.95. The van der Waals surface area contributed by atoms with Gasteiger partial charge in [-0.2, -0.15) is 0 Å². The Morgan fingerprint density at radius 3 is 2.65 bits per heavy atom. The number of benzene rings is 2. The van der Waals surface area contributed by atoms with Crippen molar-refractivity contribution in [2.75, 3.05) is 23.5 Å². The van der Waals surface area contributed by atoms with Crippen LogP contribution >= 0.6 is 0 Å². The number of urea groups is 1. The fraction of sp³-hybridized carbons (Fsp3) is 0.0714. The number of phenolic OH excluding ortho intramolecular Hbond substituents is 1. The highest BCUT2D eigenvalue weighted by Gasteiger charge is 2.07. The van der Waals surface area contributed by atoms with Crippen molar-refractivity contribution in [3.8, 4) is 11.5 Å². The number of aromatic hydroxyl groups is 1. The number of phenols is 1. The summed E-state index contributed by atoms with van der Waals surface area (Å²) in [7, 11) is 1.49. The molecule has 0 aliphatic rings. The van der Waals surface area contributed by atoms with Crippen LogP contribution in [-0.2, 0) is 0 Å². The molecule has 0 fully saturated rings. The van der Waals surface area contributed by atoms with Gasteiger partial charge in [0.05, 0.1) is 12.8 Å². The first kappa shape index (κ1) is 13.5. The summed E-state index contributed by atoms with van der Waals surface area (Å²) in [6.07, 6.45) is 0. The summed E-state index contributed by atoms with van der Waals surface area (Å²) in [6.45, 7) is 0. The third kappa shape index (κ3) is 3.32. The molecule has 104 valence electrons. The van der Waals surface area contributed by atoms with Crippen molar-refractivity contribution in [1.82, 2.24) is 0 Å². The Balaban J connectivity index is 2.05. The minimum atomic E-state index is -0.476. The third-order valence-electron chi connectivity index (χ3n) is 2.60. The van der Waals surface area contributed by atoms with E-state index in [-0.39, 0.29) is 11.4 Å². The number of carbonyl (C=O) groups is 1. The molecule has 0 spiro atoms. The number of rotatable bonds is 3. The molecule has 0 saturated carbocycles. The highest BCUT2D eigenvalue weighted by Crippen LogP contribution is 2.27. The van der Waals surface area contributed by atoms with Crippen LogP contribution in [0.5, 0.6) is 11.5 Å². The van der Waals surface area contributed by atoms with Crippen LogP contribution in [0.1, 0.15) is 0 Å². The monoisotopic (exact) mass is 273 g/mol. The van der Waals surface area contributed by atoms with E-state index in [1.165, 1.54) is 13.2 Å². The maximum absolute atomic E-state index is 11.8. The van der Waals surface area contributed by atoms with Gasteiger partial charge in [-0.15, -0.1) is 0 Å². The van der Waals surface area contributed by atoms with E-state index in [1.54, 1.807) is 36.4 Å². The predicted octanol–water partition coefficient (Wildman–Crippen LogP) is 2.63. The fourth-order valence-corrected chi connectivity index (χ4v) is 1.65. The number of nitrogens with one attached hydrogen (secondary N) is 2. The average Bonchev–Trinajstić information content (AvgIpc) is 2.41. The van der Waals surface area contributed by atoms with E-state index in [0.717, 1.165) is 0 Å². The number of hydrogen-bond acceptors (Lipinski definition) is 4. The summed E-state index contributed by atoms with van der Waals surface area (Å²) in [5.74, 6) is 0.427. The van der Waals surface area contributed by atoms with Crippen molar-refractivity contribution in [3.63, 3.8) is 0 Å². The van der Waals surface area contributed by atoms with Crippen LogP contribution in [-0.4, -0.2) is 18.2 Å². The lowest BCUT2D eigenvalue weighted by molar-refractivity contribution is 0.262. The largest absolute Gasteiger partial charge is 0.506 e. The van der Waals surface area contributed by atoms with Crippen LogP contribution in [0.3, 0.4) is 0 Å². The summed E-state index contributed by atoms with van der Waals surface area (Å²) in [5, 5.41) is 14.9. The Hall–Kier alpha value is -2.89. The van der Waals surface area contributed by atoms with Gasteiger partial charge >= 0.3 is 6.03 Å². The Labute approximate surface area is 116 Å². The van der Waals surface area contributed by atoms with E-state index in [4.69, 9.17) is 10.5 Å². The molecule has 0 heterocycles. The van der Waals surface area contributed by atoms with Gasteiger partial charge in [0, 0.05) is 17.4 Å². The second-order valence-electron chi connectivity index (χ2n) is 4.09. The van der Waals surface area contributed by atoms with Crippen LogP contribution in [0.2, 0.25) is 0 Å². The molecule has 0 saturated heterocycles. The zero-order chi connectivity index (χ0) is 14.5. The minimum absolute atomic E-state index is 0.0768. The van der Waals surface area contributed by atoms with E-state index in [1.807, 2.05) is 0 Å². The first-order chi connectivity index (χ1) is 9.58. The van der Waals surface area contributed by atoms with Gasteiger partial charge in [-0.05, 0) is 30.3 Å². The molecule has 0 unspecified atom stereocenters.